The fourth-order valence-electron chi connectivity index (χ4n) is 2.83. The molecule has 0 aromatic rings. The summed E-state index contributed by atoms with van der Waals surface area (Å²) in [5, 5.41) is 0. The molecule has 0 aromatic heterocycles. The number of esters is 1. The largest absolute Gasteiger partial charge is 0.423 e. The van der Waals surface area contributed by atoms with E-state index in [1.807, 2.05) is 13.0 Å². The maximum atomic E-state index is 11.4. The second-order valence-electron chi connectivity index (χ2n) is 5.37. The van der Waals surface area contributed by atoms with Crippen LogP contribution in [0.3, 0.4) is 0 Å². The molecule has 0 bridgehead atoms. The van der Waals surface area contributed by atoms with Crippen LogP contribution in [0.4, 0.5) is 0 Å². The Balaban J connectivity index is 2.37. The highest BCUT2D eigenvalue weighted by Gasteiger charge is 2.34. The average molecular weight is 220 g/mol. The van der Waals surface area contributed by atoms with Crippen molar-refractivity contribution < 1.29 is 9.53 Å². The molecule has 1 saturated carbocycles. The maximum Gasteiger partial charge on any atom is 0.339 e. The summed E-state index contributed by atoms with van der Waals surface area (Å²) < 4.78 is 5.36. The zero-order valence-electron chi connectivity index (χ0n) is 10.5. The molecule has 2 aliphatic rings. The number of carbonyl (C=O) groups is 1. The topological polar surface area (TPSA) is 26.3 Å². The van der Waals surface area contributed by atoms with Crippen LogP contribution in [0.1, 0.15) is 40.5 Å². The quantitative estimate of drug-likeness (QED) is 0.633. The zero-order valence-corrected chi connectivity index (χ0v) is 10.5. The van der Waals surface area contributed by atoms with Crippen LogP contribution in [0.5, 0.6) is 0 Å². The molecule has 1 aliphatic carbocycles. The van der Waals surface area contributed by atoms with Gasteiger partial charge in [-0.05, 0) is 49.2 Å². The summed E-state index contributed by atoms with van der Waals surface area (Å²) in [6.07, 6.45) is 4.35. The smallest absolute Gasteiger partial charge is 0.339 e. The van der Waals surface area contributed by atoms with Gasteiger partial charge in [0.15, 0.2) is 0 Å². The molecular weight excluding hydrogens is 200 g/mol. The molecule has 2 nitrogen and oxygen atoms in total. The average Bonchev–Trinajstić information content (AvgIpc) is 2.71. The summed E-state index contributed by atoms with van der Waals surface area (Å²) >= 11 is 0. The fourth-order valence-corrected chi connectivity index (χ4v) is 2.83. The second-order valence-corrected chi connectivity index (χ2v) is 5.37. The van der Waals surface area contributed by atoms with E-state index in [2.05, 4.69) is 20.8 Å². The third-order valence-corrected chi connectivity index (χ3v) is 3.80. The molecule has 0 N–H and O–H groups in total. The predicted octanol–water partition coefficient (Wildman–Crippen LogP) is 3.45. The monoisotopic (exact) mass is 220 g/mol. The second kappa shape index (κ2) is 4.08. The van der Waals surface area contributed by atoms with Gasteiger partial charge in [0, 0.05) is 5.57 Å². The first kappa shape index (κ1) is 11.4. The maximum absolute atomic E-state index is 11.4. The number of hydrogen-bond acceptors (Lipinski definition) is 2. The summed E-state index contributed by atoms with van der Waals surface area (Å²) in [4.78, 5) is 11.4. The van der Waals surface area contributed by atoms with E-state index in [-0.39, 0.29) is 5.97 Å². The lowest BCUT2D eigenvalue weighted by molar-refractivity contribution is -0.133. The van der Waals surface area contributed by atoms with Gasteiger partial charge in [0.2, 0.25) is 0 Å². The van der Waals surface area contributed by atoms with Gasteiger partial charge in [0.1, 0.15) is 5.76 Å². The van der Waals surface area contributed by atoms with E-state index >= 15 is 0 Å². The molecule has 16 heavy (non-hydrogen) atoms. The van der Waals surface area contributed by atoms with E-state index in [4.69, 9.17) is 4.74 Å². The van der Waals surface area contributed by atoms with Crippen molar-refractivity contribution in [3.63, 3.8) is 0 Å². The van der Waals surface area contributed by atoms with Gasteiger partial charge >= 0.3 is 5.97 Å². The van der Waals surface area contributed by atoms with E-state index < -0.39 is 0 Å². The van der Waals surface area contributed by atoms with Gasteiger partial charge in [-0.1, -0.05) is 20.8 Å². The third-order valence-electron chi connectivity index (χ3n) is 3.80. The van der Waals surface area contributed by atoms with Crippen LogP contribution in [0.25, 0.3) is 0 Å². The number of hydrogen-bond donors (Lipinski definition) is 0. The van der Waals surface area contributed by atoms with Gasteiger partial charge in [-0.3, -0.25) is 0 Å². The highest BCUT2D eigenvalue weighted by atomic mass is 16.5. The number of rotatable bonds is 1. The van der Waals surface area contributed by atoms with E-state index in [1.54, 1.807) is 0 Å². The predicted molar refractivity (Wildman–Crippen MR) is 63.6 cm³/mol. The van der Waals surface area contributed by atoms with Crippen molar-refractivity contribution in [2.45, 2.75) is 40.5 Å². The Labute approximate surface area is 97.4 Å². The van der Waals surface area contributed by atoms with Gasteiger partial charge < -0.3 is 4.74 Å². The molecule has 0 aromatic carbocycles. The van der Waals surface area contributed by atoms with Gasteiger partial charge in [-0.2, -0.15) is 0 Å². The molecule has 1 heterocycles. The van der Waals surface area contributed by atoms with Crippen molar-refractivity contribution >= 4 is 5.97 Å². The molecule has 88 valence electrons. The van der Waals surface area contributed by atoms with Crippen LogP contribution in [0, 0.1) is 17.8 Å². The lowest BCUT2D eigenvalue weighted by Crippen LogP contribution is -2.11. The SMILES string of the molecule is CC1=C/C(=C2/[C@H](C)CC[C@@H]2C(C)C)OC1=O. The molecule has 2 heteroatoms. The van der Waals surface area contributed by atoms with Gasteiger partial charge in [0.05, 0.1) is 0 Å². The van der Waals surface area contributed by atoms with E-state index in [1.165, 1.54) is 18.4 Å². The molecule has 1 aliphatic heterocycles. The Hall–Kier alpha value is -1.05. The summed E-state index contributed by atoms with van der Waals surface area (Å²) in [6, 6.07) is 0. The number of ether oxygens (including phenoxy) is 1. The Morgan fingerprint density at radius 3 is 2.56 bits per heavy atom. The molecule has 2 atom stereocenters. The number of cyclic esters (lactones) is 1. The Kier molecular flexibility index (Phi) is 2.92. The number of carbonyl (C=O) groups excluding carboxylic acids is 1. The van der Waals surface area contributed by atoms with Gasteiger partial charge in [-0.15, -0.1) is 0 Å². The van der Waals surface area contributed by atoms with Crippen molar-refractivity contribution in [3.8, 4) is 0 Å². The minimum atomic E-state index is -0.177. The minimum Gasteiger partial charge on any atom is -0.423 e. The minimum absolute atomic E-state index is 0.177. The lowest BCUT2D eigenvalue weighted by Gasteiger charge is -2.19. The standard InChI is InChI=1S/C14H20O2/c1-8(2)11-6-5-9(3)13(11)12-7-10(4)14(15)16-12/h7-9,11H,5-6H2,1-4H3/b13-12+/t9-,11-/m1/s1. The Bertz CT molecular complexity index is 374. The van der Waals surface area contributed by atoms with Crippen LogP contribution in [-0.4, -0.2) is 5.97 Å². The Morgan fingerprint density at radius 2 is 2.06 bits per heavy atom. The lowest BCUT2D eigenvalue weighted by atomic mass is 9.87. The zero-order chi connectivity index (χ0) is 11.9. The fraction of sp³-hybridized carbons (Fsp3) is 0.643. The Morgan fingerprint density at radius 1 is 1.38 bits per heavy atom. The van der Waals surface area contributed by atoms with E-state index in [0.29, 0.717) is 17.8 Å². The normalized spacial score (nSPS) is 34.6. The highest BCUT2D eigenvalue weighted by molar-refractivity contribution is 5.92. The third kappa shape index (κ3) is 1.81. The molecule has 0 unspecified atom stereocenters. The summed E-state index contributed by atoms with van der Waals surface area (Å²) in [5.74, 6) is 2.42. The van der Waals surface area contributed by atoms with Crippen molar-refractivity contribution in [1.29, 1.82) is 0 Å². The summed E-state index contributed by atoms with van der Waals surface area (Å²) in [5.41, 5.74) is 2.09. The summed E-state index contributed by atoms with van der Waals surface area (Å²) in [7, 11) is 0. The highest BCUT2D eigenvalue weighted by Crippen LogP contribution is 2.43. The van der Waals surface area contributed by atoms with Crippen LogP contribution in [0.2, 0.25) is 0 Å². The van der Waals surface area contributed by atoms with Crippen molar-refractivity contribution in [2.75, 3.05) is 0 Å². The summed E-state index contributed by atoms with van der Waals surface area (Å²) in [6.45, 7) is 8.55. The van der Waals surface area contributed by atoms with Crippen molar-refractivity contribution in [2.24, 2.45) is 17.8 Å². The molecule has 0 radical (unpaired) electrons. The molecule has 0 amide bonds. The van der Waals surface area contributed by atoms with Gasteiger partial charge in [-0.25, -0.2) is 4.79 Å². The van der Waals surface area contributed by atoms with E-state index in [0.717, 1.165) is 11.3 Å². The van der Waals surface area contributed by atoms with Crippen molar-refractivity contribution in [1.82, 2.24) is 0 Å². The van der Waals surface area contributed by atoms with E-state index in [9.17, 15) is 4.79 Å². The molecular formula is C14H20O2. The molecule has 0 spiro atoms. The first-order valence-electron chi connectivity index (χ1n) is 6.15. The molecule has 1 fully saturated rings. The van der Waals surface area contributed by atoms with Crippen LogP contribution in [0.15, 0.2) is 23.0 Å². The number of allylic oxidation sites excluding steroid dienone is 2. The van der Waals surface area contributed by atoms with Crippen LogP contribution >= 0.6 is 0 Å². The van der Waals surface area contributed by atoms with Crippen molar-refractivity contribution in [3.05, 3.63) is 23.0 Å². The first-order valence-corrected chi connectivity index (χ1v) is 6.15. The molecule has 2 rings (SSSR count). The molecule has 0 saturated heterocycles. The van der Waals surface area contributed by atoms with Crippen LogP contribution in [-0.2, 0) is 9.53 Å². The van der Waals surface area contributed by atoms with Gasteiger partial charge in [0.25, 0.3) is 0 Å². The first-order chi connectivity index (χ1) is 7.50. The van der Waals surface area contributed by atoms with Crippen LogP contribution < -0.4 is 0 Å².